The minimum Gasteiger partial charge on any atom is -0.337 e. The van der Waals surface area contributed by atoms with E-state index in [0.717, 1.165) is 38.2 Å². The minimum atomic E-state index is 0.0372. The first-order valence-corrected chi connectivity index (χ1v) is 8.33. The van der Waals surface area contributed by atoms with Crippen LogP contribution >= 0.6 is 23.2 Å². The molecule has 3 rings (SSSR count). The monoisotopic (exact) mass is 352 g/mol. The summed E-state index contributed by atoms with van der Waals surface area (Å²) in [4.78, 5) is 16.6. The van der Waals surface area contributed by atoms with Gasteiger partial charge in [0, 0.05) is 38.9 Å². The topological polar surface area (TPSA) is 52.2 Å². The molecule has 0 spiro atoms. The Morgan fingerprint density at radius 3 is 2.78 bits per heavy atom. The molecule has 0 saturated carbocycles. The van der Waals surface area contributed by atoms with Crippen molar-refractivity contribution in [3.05, 3.63) is 51.8 Å². The molecule has 1 fully saturated rings. The van der Waals surface area contributed by atoms with Crippen LogP contribution in [0.5, 0.6) is 0 Å². The summed E-state index contributed by atoms with van der Waals surface area (Å²) in [5.41, 5.74) is 1.75. The maximum Gasteiger partial charge on any atom is 0.257 e. The highest BCUT2D eigenvalue weighted by Crippen LogP contribution is 2.23. The summed E-state index contributed by atoms with van der Waals surface area (Å²) < 4.78 is 0. The van der Waals surface area contributed by atoms with Crippen LogP contribution in [-0.4, -0.2) is 52.1 Å². The van der Waals surface area contributed by atoms with E-state index >= 15 is 0 Å². The highest BCUT2D eigenvalue weighted by molar-refractivity contribution is 6.42. The van der Waals surface area contributed by atoms with Gasteiger partial charge in [0.25, 0.3) is 5.91 Å². The average molecular weight is 353 g/mol. The van der Waals surface area contributed by atoms with Crippen LogP contribution in [-0.2, 0) is 6.54 Å². The summed E-state index contributed by atoms with van der Waals surface area (Å²) in [6.45, 7) is 4.08. The average Bonchev–Trinajstić information content (AvgIpc) is 2.98. The second kappa shape index (κ2) is 7.34. The van der Waals surface area contributed by atoms with E-state index in [0.29, 0.717) is 22.2 Å². The Morgan fingerprint density at radius 1 is 1.17 bits per heavy atom. The van der Waals surface area contributed by atoms with E-state index in [4.69, 9.17) is 23.2 Å². The lowest BCUT2D eigenvalue weighted by Crippen LogP contribution is -2.34. The van der Waals surface area contributed by atoms with Crippen molar-refractivity contribution in [2.24, 2.45) is 0 Å². The highest BCUT2D eigenvalue weighted by Gasteiger charge is 2.21. The molecule has 122 valence electrons. The van der Waals surface area contributed by atoms with Crippen molar-refractivity contribution in [1.29, 1.82) is 0 Å². The van der Waals surface area contributed by atoms with Gasteiger partial charge in [-0.25, -0.2) is 0 Å². The lowest BCUT2D eigenvalue weighted by molar-refractivity contribution is 0.0761. The third kappa shape index (κ3) is 4.05. The number of H-pyrrole nitrogens is 1. The molecule has 1 aliphatic heterocycles. The van der Waals surface area contributed by atoms with Gasteiger partial charge < -0.3 is 4.90 Å². The van der Waals surface area contributed by atoms with Crippen molar-refractivity contribution in [1.82, 2.24) is 20.0 Å². The number of amides is 1. The number of nitrogens with zero attached hydrogens (tertiary/aromatic N) is 3. The van der Waals surface area contributed by atoms with E-state index in [1.807, 2.05) is 23.1 Å². The molecule has 1 aromatic carbocycles. The van der Waals surface area contributed by atoms with Gasteiger partial charge in [-0.2, -0.15) is 5.10 Å². The van der Waals surface area contributed by atoms with Crippen LogP contribution in [0.3, 0.4) is 0 Å². The van der Waals surface area contributed by atoms with Crippen molar-refractivity contribution in [3.63, 3.8) is 0 Å². The first-order chi connectivity index (χ1) is 11.1. The molecule has 0 bridgehead atoms. The van der Waals surface area contributed by atoms with Crippen molar-refractivity contribution < 1.29 is 4.79 Å². The summed E-state index contributed by atoms with van der Waals surface area (Å²) in [6.07, 6.45) is 4.16. The SMILES string of the molecule is O=C(c1cn[nH]c1)N1CCCN(Cc2ccc(Cl)c(Cl)c2)CC1. The predicted molar refractivity (Wildman–Crippen MR) is 90.8 cm³/mol. The number of halogens is 2. The van der Waals surface area contributed by atoms with Crippen LogP contribution in [0, 0.1) is 0 Å². The number of hydrogen-bond acceptors (Lipinski definition) is 3. The minimum absolute atomic E-state index is 0.0372. The number of hydrogen-bond donors (Lipinski definition) is 1. The number of carbonyl (C=O) groups excluding carboxylic acids is 1. The van der Waals surface area contributed by atoms with E-state index in [1.165, 1.54) is 0 Å². The molecule has 0 unspecified atom stereocenters. The molecule has 0 aliphatic carbocycles. The molecular formula is C16H18Cl2N4O. The second-order valence-electron chi connectivity index (χ2n) is 5.66. The van der Waals surface area contributed by atoms with Gasteiger partial charge >= 0.3 is 0 Å². The quantitative estimate of drug-likeness (QED) is 0.923. The van der Waals surface area contributed by atoms with Gasteiger partial charge in [0.1, 0.15) is 0 Å². The molecule has 23 heavy (non-hydrogen) atoms. The number of aromatic amines is 1. The Morgan fingerprint density at radius 2 is 2.04 bits per heavy atom. The Balaban J connectivity index is 1.60. The summed E-state index contributed by atoms with van der Waals surface area (Å²) in [5, 5.41) is 7.68. The Kier molecular flexibility index (Phi) is 5.20. The van der Waals surface area contributed by atoms with Gasteiger partial charge in [-0.05, 0) is 24.1 Å². The van der Waals surface area contributed by atoms with Crippen LogP contribution in [0.2, 0.25) is 10.0 Å². The summed E-state index contributed by atoms with van der Waals surface area (Å²) in [6, 6.07) is 5.72. The molecule has 1 aromatic heterocycles. The maximum atomic E-state index is 12.4. The van der Waals surface area contributed by atoms with E-state index in [-0.39, 0.29) is 5.91 Å². The molecule has 1 amide bonds. The highest BCUT2D eigenvalue weighted by atomic mass is 35.5. The maximum absolute atomic E-state index is 12.4. The van der Waals surface area contributed by atoms with Gasteiger partial charge in [-0.15, -0.1) is 0 Å². The van der Waals surface area contributed by atoms with E-state index in [2.05, 4.69) is 15.1 Å². The fourth-order valence-corrected chi connectivity index (χ4v) is 3.10. The predicted octanol–water partition coefficient (Wildman–Crippen LogP) is 3.06. The Hall–Kier alpha value is -1.56. The fraction of sp³-hybridized carbons (Fsp3) is 0.375. The summed E-state index contributed by atoms with van der Waals surface area (Å²) >= 11 is 12.0. The van der Waals surface area contributed by atoms with E-state index < -0.39 is 0 Å². The number of rotatable bonds is 3. The Labute approximate surface area is 145 Å². The number of carbonyl (C=O) groups is 1. The zero-order valence-corrected chi connectivity index (χ0v) is 14.1. The molecule has 0 atom stereocenters. The number of nitrogens with one attached hydrogen (secondary N) is 1. The third-order valence-electron chi connectivity index (χ3n) is 4.01. The Bertz CT molecular complexity index is 675. The summed E-state index contributed by atoms with van der Waals surface area (Å²) in [7, 11) is 0. The lowest BCUT2D eigenvalue weighted by Gasteiger charge is -2.21. The normalized spacial score (nSPS) is 16.3. The van der Waals surface area contributed by atoms with Crippen molar-refractivity contribution in [2.45, 2.75) is 13.0 Å². The number of aromatic nitrogens is 2. The van der Waals surface area contributed by atoms with E-state index in [1.54, 1.807) is 12.4 Å². The molecule has 7 heteroatoms. The molecular weight excluding hydrogens is 335 g/mol. The molecule has 5 nitrogen and oxygen atoms in total. The van der Waals surface area contributed by atoms with Crippen LogP contribution in [0.25, 0.3) is 0 Å². The van der Waals surface area contributed by atoms with Crippen LogP contribution in [0.1, 0.15) is 22.3 Å². The molecule has 1 aliphatic rings. The zero-order valence-electron chi connectivity index (χ0n) is 12.6. The molecule has 2 aromatic rings. The smallest absolute Gasteiger partial charge is 0.257 e. The van der Waals surface area contributed by atoms with Crippen molar-refractivity contribution in [2.75, 3.05) is 26.2 Å². The first-order valence-electron chi connectivity index (χ1n) is 7.58. The van der Waals surface area contributed by atoms with Crippen LogP contribution < -0.4 is 0 Å². The molecule has 1 saturated heterocycles. The molecule has 0 radical (unpaired) electrons. The van der Waals surface area contributed by atoms with Gasteiger partial charge in [-0.3, -0.25) is 14.8 Å². The molecule has 2 heterocycles. The van der Waals surface area contributed by atoms with Crippen molar-refractivity contribution in [3.8, 4) is 0 Å². The number of benzene rings is 1. The van der Waals surface area contributed by atoms with Crippen LogP contribution in [0.4, 0.5) is 0 Å². The third-order valence-corrected chi connectivity index (χ3v) is 4.75. The zero-order chi connectivity index (χ0) is 16.2. The largest absolute Gasteiger partial charge is 0.337 e. The second-order valence-corrected chi connectivity index (χ2v) is 6.47. The molecule has 1 N–H and O–H groups in total. The van der Waals surface area contributed by atoms with Gasteiger partial charge in [0.2, 0.25) is 0 Å². The standard InChI is InChI=1S/C16H18Cl2N4O/c17-14-3-2-12(8-15(14)18)11-21-4-1-5-22(7-6-21)16(23)13-9-19-20-10-13/h2-3,8-10H,1,4-7,11H2,(H,19,20). The van der Waals surface area contributed by atoms with Gasteiger partial charge in [0.05, 0.1) is 21.8 Å². The fourth-order valence-electron chi connectivity index (χ4n) is 2.78. The van der Waals surface area contributed by atoms with Gasteiger partial charge in [0.15, 0.2) is 0 Å². The lowest BCUT2D eigenvalue weighted by atomic mass is 10.2. The van der Waals surface area contributed by atoms with Gasteiger partial charge in [-0.1, -0.05) is 29.3 Å². The first kappa shape index (κ1) is 16.3. The van der Waals surface area contributed by atoms with E-state index in [9.17, 15) is 4.79 Å². The summed E-state index contributed by atoms with van der Waals surface area (Å²) in [5.74, 6) is 0.0372. The van der Waals surface area contributed by atoms with Crippen LogP contribution in [0.15, 0.2) is 30.6 Å². The van der Waals surface area contributed by atoms with Crippen molar-refractivity contribution >= 4 is 29.1 Å².